The largest absolute Gasteiger partial charge is 0.364 e. The van der Waals surface area contributed by atoms with E-state index in [2.05, 4.69) is 10.6 Å². The normalized spacial score (nSPS) is 23.9. The van der Waals surface area contributed by atoms with Crippen molar-refractivity contribution in [1.29, 1.82) is 0 Å². The van der Waals surface area contributed by atoms with Crippen LogP contribution in [0.25, 0.3) is 10.6 Å². The van der Waals surface area contributed by atoms with Gasteiger partial charge in [0.15, 0.2) is 5.60 Å². The van der Waals surface area contributed by atoms with E-state index in [9.17, 15) is 18.0 Å². The second-order valence-corrected chi connectivity index (χ2v) is 13.0. The Morgan fingerprint density at radius 1 is 1.20 bits per heavy atom. The molecule has 3 aromatic rings. The lowest BCUT2D eigenvalue weighted by atomic mass is 9.67. The molecule has 2 aromatic carbocycles. The van der Waals surface area contributed by atoms with Gasteiger partial charge in [-0.25, -0.2) is 18.2 Å². The highest BCUT2D eigenvalue weighted by molar-refractivity contribution is 7.15. The van der Waals surface area contributed by atoms with Crippen molar-refractivity contribution < 1.29 is 22.7 Å². The van der Waals surface area contributed by atoms with Gasteiger partial charge in [0.1, 0.15) is 22.8 Å². The van der Waals surface area contributed by atoms with Crippen LogP contribution in [0.1, 0.15) is 55.7 Å². The minimum Gasteiger partial charge on any atom is -0.364 e. The number of alkyl halides is 1. The second-order valence-electron chi connectivity index (χ2n) is 11.9. The highest BCUT2D eigenvalue weighted by Gasteiger charge is 2.55. The van der Waals surface area contributed by atoms with Crippen molar-refractivity contribution in [1.82, 2.24) is 15.6 Å². The van der Waals surface area contributed by atoms with Crippen LogP contribution in [0.3, 0.4) is 0 Å². The molecule has 1 unspecified atom stereocenters. The Morgan fingerprint density at radius 3 is 2.62 bits per heavy atom. The lowest BCUT2D eigenvalue weighted by Gasteiger charge is -2.42. The van der Waals surface area contributed by atoms with Gasteiger partial charge in [-0.15, -0.1) is 11.3 Å². The third-order valence-electron chi connectivity index (χ3n) is 7.92. The van der Waals surface area contributed by atoms with Gasteiger partial charge in [0, 0.05) is 54.9 Å². The first-order valence-corrected chi connectivity index (χ1v) is 14.7. The number of carbonyl (C=O) groups is 1. The molecule has 9 heteroatoms. The fourth-order valence-electron chi connectivity index (χ4n) is 6.08. The van der Waals surface area contributed by atoms with Crippen molar-refractivity contribution in [3.63, 3.8) is 0 Å². The standard InChI is InChI=1S/C31H36F3N3O2S/c1-30(2,3)27(31(12-7-13-39-31)29(38)36-17-20-16-35-18-24(20)34)26-25(14-19-8-5-4-6-9-19)40-28(37-26)22-15-21(32)10-11-23(22)33/h4-6,8-11,15,20,24,27,35H,7,12-14,16-18H2,1-3H3,(H,36,38)/t20-,24-,27-,31?/m0/s1. The van der Waals surface area contributed by atoms with E-state index < -0.39 is 34.7 Å². The minimum atomic E-state index is -1.23. The lowest BCUT2D eigenvalue weighted by molar-refractivity contribution is -0.148. The molecule has 1 aromatic heterocycles. The first-order chi connectivity index (χ1) is 19.1. The van der Waals surface area contributed by atoms with Crippen LogP contribution in [0.4, 0.5) is 13.2 Å². The van der Waals surface area contributed by atoms with Crippen molar-refractivity contribution in [2.45, 2.75) is 57.7 Å². The SMILES string of the molecule is CC(C)(C)[C@H](c1nc(-c2cc(F)ccc2F)sc1Cc1ccccc1)C1(C(=O)NC[C@@H]2CNC[C@@H]2F)CCCO1. The first-order valence-electron chi connectivity index (χ1n) is 13.8. The molecule has 0 radical (unpaired) electrons. The monoisotopic (exact) mass is 571 g/mol. The van der Waals surface area contributed by atoms with E-state index in [0.717, 1.165) is 28.6 Å². The third-order valence-corrected chi connectivity index (χ3v) is 9.02. The Bertz CT molecular complexity index is 1340. The molecule has 0 spiro atoms. The molecular formula is C31H36F3N3O2S. The van der Waals surface area contributed by atoms with Crippen LogP contribution in [0, 0.1) is 23.0 Å². The summed E-state index contributed by atoms with van der Waals surface area (Å²) in [4.78, 5) is 19.8. The Hall–Kier alpha value is -2.75. The summed E-state index contributed by atoms with van der Waals surface area (Å²) in [7, 11) is 0. The molecule has 40 heavy (non-hydrogen) atoms. The van der Waals surface area contributed by atoms with Crippen molar-refractivity contribution >= 4 is 17.2 Å². The molecule has 2 saturated heterocycles. The van der Waals surface area contributed by atoms with Crippen LogP contribution >= 0.6 is 11.3 Å². The number of rotatable bonds is 8. The van der Waals surface area contributed by atoms with E-state index in [4.69, 9.17) is 9.72 Å². The summed E-state index contributed by atoms with van der Waals surface area (Å²) in [6, 6.07) is 13.2. The molecule has 0 bridgehead atoms. The maximum atomic E-state index is 14.9. The second kappa shape index (κ2) is 11.6. The fraction of sp³-hybridized carbons (Fsp3) is 0.484. The van der Waals surface area contributed by atoms with E-state index in [0.29, 0.717) is 43.1 Å². The van der Waals surface area contributed by atoms with Crippen LogP contribution in [0.15, 0.2) is 48.5 Å². The van der Waals surface area contributed by atoms with Crippen molar-refractivity contribution in [3.8, 4) is 10.6 Å². The highest BCUT2D eigenvalue weighted by Crippen LogP contribution is 2.51. The van der Waals surface area contributed by atoms with Crippen molar-refractivity contribution in [3.05, 3.63) is 76.3 Å². The summed E-state index contributed by atoms with van der Waals surface area (Å²) in [5.41, 5.74) is 0.0683. The predicted molar refractivity (Wildman–Crippen MR) is 151 cm³/mol. The smallest absolute Gasteiger partial charge is 0.252 e. The zero-order valence-electron chi connectivity index (χ0n) is 23.1. The first kappa shape index (κ1) is 28.8. The average molecular weight is 572 g/mol. The third kappa shape index (κ3) is 5.83. The van der Waals surface area contributed by atoms with Crippen LogP contribution in [-0.4, -0.2) is 48.9 Å². The van der Waals surface area contributed by atoms with Crippen LogP contribution in [0.5, 0.6) is 0 Å². The zero-order chi connectivity index (χ0) is 28.5. The number of nitrogens with zero attached hydrogens (tertiary/aromatic N) is 1. The van der Waals surface area contributed by atoms with Gasteiger partial charge in [-0.1, -0.05) is 51.1 Å². The van der Waals surface area contributed by atoms with Gasteiger partial charge in [0.05, 0.1) is 5.69 Å². The van der Waals surface area contributed by atoms with Gasteiger partial charge < -0.3 is 15.4 Å². The van der Waals surface area contributed by atoms with Gasteiger partial charge >= 0.3 is 0 Å². The topological polar surface area (TPSA) is 63.2 Å². The molecule has 2 fully saturated rings. The molecule has 214 valence electrons. The Morgan fingerprint density at radius 2 is 1.98 bits per heavy atom. The van der Waals surface area contributed by atoms with Gasteiger partial charge in [0.2, 0.25) is 0 Å². The number of ether oxygens (including phenoxy) is 1. The van der Waals surface area contributed by atoms with Gasteiger partial charge in [-0.3, -0.25) is 4.79 Å². The number of hydrogen-bond donors (Lipinski definition) is 2. The Balaban J connectivity index is 1.60. The van der Waals surface area contributed by atoms with Gasteiger partial charge in [-0.05, 0) is 42.0 Å². The molecule has 1 amide bonds. The van der Waals surface area contributed by atoms with E-state index >= 15 is 0 Å². The highest BCUT2D eigenvalue weighted by atomic mass is 32.1. The summed E-state index contributed by atoms with van der Waals surface area (Å²) >= 11 is 1.32. The number of amides is 1. The maximum absolute atomic E-state index is 14.9. The molecule has 5 nitrogen and oxygen atoms in total. The van der Waals surface area contributed by atoms with Gasteiger partial charge in [-0.2, -0.15) is 0 Å². The van der Waals surface area contributed by atoms with Gasteiger partial charge in [0.25, 0.3) is 5.91 Å². The molecule has 0 saturated carbocycles. The number of hydrogen-bond acceptors (Lipinski definition) is 5. The number of halogens is 3. The van der Waals surface area contributed by atoms with Crippen molar-refractivity contribution in [2.24, 2.45) is 11.3 Å². The molecule has 5 rings (SSSR count). The van der Waals surface area contributed by atoms with Crippen LogP contribution in [-0.2, 0) is 16.0 Å². The zero-order valence-corrected chi connectivity index (χ0v) is 23.9. The summed E-state index contributed by atoms with van der Waals surface area (Å²) in [5.74, 6) is -2.18. The number of benzene rings is 2. The summed E-state index contributed by atoms with van der Waals surface area (Å²) in [6.45, 7) is 7.55. The Kier molecular flexibility index (Phi) is 8.36. The maximum Gasteiger partial charge on any atom is 0.252 e. The molecule has 0 aliphatic carbocycles. The van der Waals surface area contributed by atoms with E-state index in [1.54, 1.807) is 0 Å². The number of carbonyl (C=O) groups excluding carboxylic acids is 1. The molecular weight excluding hydrogens is 535 g/mol. The summed E-state index contributed by atoms with van der Waals surface area (Å²) in [6.07, 6.45) is 0.681. The number of aromatic nitrogens is 1. The van der Waals surface area contributed by atoms with Crippen LogP contribution in [0.2, 0.25) is 0 Å². The number of nitrogens with one attached hydrogen (secondary N) is 2. The molecule has 2 aliphatic rings. The summed E-state index contributed by atoms with van der Waals surface area (Å²) in [5, 5.41) is 6.40. The van der Waals surface area contributed by atoms with Crippen LogP contribution < -0.4 is 10.6 Å². The van der Waals surface area contributed by atoms with E-state index in [-0.39, 0.29) is 30.5 Å². The molecule has 4 atom stereocenters. The van der Waals surface area contributed by atoms with E-state index in [1.165, 1.54) is 11.3 Å². The number of thiazole rings is 1. The molecule has 3 heterocycles. The average Bonchev–Trinajstić information content (AvgIpc) is 3.66. The van der Waals surface area contributed by atoms with E-state index in [1.807, 2.05) is 51.1 Å². The predicted octanol–water partition coefficient (Wildman–Crippen LogP) is 6.03. The quantitative estimate of drug-likeness (QED) is 0.347. The minimum absolute atomic E-state index is 0.0896. The fourth-order valence-corrected chi connectivity index (χ4v) is 7.23. The van der Waals surface area contributed by atoms with Crippen molar-refractivity contribution in [2.75, 3.05) is 26.2 Å². The molecule has 2 aliphatic heterocycles. The lowest BCUT2D eigenvalue weighted by Crippen LogP contribution is -2.55. The molecule has 2 N–H and O–H groups in total. The summed E-state index contributed by atoms with van der Waals surface area (Å²) < 4.78 is 49.8. The Labute approximate surface area is 237 Å².